The van der Waals surface area contributed by atoms with Crippen LogP contribution in [-0.2, 0) is 9.53 Å². The number of carbonyl (C=O) groups is 2. The number of ether oxygens (including phenoxy) is 1. The highest BCUT2D eigenvalue weighted by atomic mass is 32.2. The Morgan fingerprint density at radius 3 is 2.88 bits per heavy atom. The van der Waals surface area contributed by atoms with Gasteiger partial charge in [-0.05, 0) is 19.1 Å². The number of thioether (sulfide) groups is 1. The minimum absolute atomic E-state index is 0.229. The van der Waals surface area contributed by atoms with Crippen molar-refractivity contribution in [2.75, 3.05) is 12.9 Å². The Morgan fingerprint density at radius 2 is 2.25 bits per heavy atom. The van der Waals surface area contributed by atoms with Crippen LogP contribution >= 0.6 is 11.8 Å². The van der Waals surface area contributed by atoms with Crippen LogP contribution in [0, 0.1) is 6.92 Å². The molecule has 1 aromatic carbocycles. The normalized spacial score (nSPS) is 9.88. The molecule has 4 heteroatoms. The predicted octanol–water partition coefficient (Wildman–Crippen LogP) is 2.46. The van der Waals surface area contributed by atoms with E-state index in [9.17, 15) is 9.59 Å². The van der Waals surface area contributed by atoms with E-state index in [1.54, 1.807) is 0 Å². The minimum Gasteiger partial charge on any atom is -0.469 e. The highest BCUT2D eigenvalue weighted by Gasteiger charge is 2.05. The topological polar surface area (TPSA) is 43.4 Å². The van der Waals surface area contributed by atoms with Gasteiger partial charge in [0.05, 0.1) is 13.5 Å². The Morgan fingerprint density at radius 1 is 1.50 bits per heavy atom. The molecule has 0 unspecified atom stereocenters. The van der Waals surface area contributed by atoms with Crippen molar-refractivity contribution < 1.29 is 14.3 Å². The molecule has 0 saturated heterocycles. The molecule has 0 radical (unpaired) electrons. The van der Waals surface area contributed by atoms with Gasteiger partial charge < -0.3 is 4.74 Å². The summed E-state index contributed by atoms with van der Waals surface area (Å²) in [5.74, 6) is 0.392. The first kappa shape index (κ1) is 12.8. The van der Waals surface area contributed by atoms with Gasteiger partial charge in [-0.25, -0.2) is 0 Å². The van der Waals surface area contributed by atoms with E-state index in [-0.39, 0.29) is 5.97 Å². The van der Waals surface area contributed by atoms with Gasteiger partial charge >= 0.3 is 5.97 Å². The number of aldehydes is 1. The van der Waals surface area contributed by atoms with Crippen molar-refractivity contribution in [3.05, 3.63) is 29.3 Å². The van der Waals surface area contributed by atoms with Gasteiger partial charge in [0, 0.05) is 16.2 Å². The van der Waals surface area contributed by atoms with Gasteiger partial charge in [-0.15, -0.1) is 11.8 Å². The summed E-state index contributed by atoms with van der Waals surface area (Å²) in [5.41, 5.74) is 1.73. The lowest BCUT2D eigenvalue weighted by Crippen LogP contribution is -2.01. The first-order valence-electron chi connectivity index (χ1n) is 4.93. The van der Waals surface area contributed by atoms with Crippen molar-refractivity contribution in [2.45, 2.75) is 18.2 Å². The summed E-state index contributed by atoms with van der Waals surface area (Å²) < 4.78 is 4.54. The van der Waals surface area contributed by atoms with Crippen LogP contribution in [-0.4, -0.2) is 25.1 Å². The zero-order chi connectivity index (χ0) is 12.0. The molecule has 0 aliphatic rings. The molecular weight excluding hydrogens is 224 g/mol. The fourth-order valence-electron chi connectivity index (χ4n) is 1.24. The van der Waals surface area contributed by atoms with E-state index in [1.165, 1.54) is 18.9 Å². The number of aryl methyl sites for hydroxylation is 1. The fourth-order valence-corrected chi connectivity index (χ4v) is 2.16. The molecule has 1 rings (SSSR count). The van der Waals surface area contributed by atoms with E-state index >= 15 is 0 Å². The van der Waals surface area contributed by atoms with E-state index in [0.29, 0.717) is 17.7 Å². The van der Waals surface area contributed by atoms with Crippen molar-refractivity contribution in [3.63, 3.8) is 0 Å². The number of methoxy groups -OCH3 is 1. The van der Waals surface area contributed by atoms with E-state index in [4.69, 9.17) is 0 Å². The van der Waals surface area contributed by atoms with Crippen LogP contribution in [0.3, 0.4) is 0 Å². The minimum atomic E-state index is -0.229. The van der Waals surface area contributed by atoms with Gasteiger partial charge in [-0.1, -0.05) is 11.6 Å². The van der Waals surface area contributed by atoms with Gasteiger partial charge in [-0.3, -0.25) is 9.59 Å². The molecule has 0 amide bonds. The second-order valence-corrected chi connectivity index (χ2v) is 4.47. The van der Waals surface area contributed by atoms with E-state index < -0.39 is 0 Å². The molecule has 0 spiro atoms. The predicted molar refractivity (Wildman–Crippen MR) is 63.9 cm³/mol. The third kappa shape index (κ3) is 3.70. The number of esters is 1. The summed E-state index contributed by atoms with van der Waals surface area (Å²) in [4.78, 5) is 22.6. The number of carbonyl (C=O) groups excluding carboxylic acids is 2. The maximum Gasteiger partial charge on any atom is 0.306 e. The fraction of sp³-hybridized carbons (Fsp3) is 0.333. The highest BCUT2D eigenvalue weighted by molar-refractivity contribution is 7.99. The molecule has 16 heavy (non-hydrogen) atoms. The molecule has 0 N–H and O–H groups in total. The van der Waals surface area contributed by atoms with Crippen molar-refractivity contribution in [1.82, 2.24) is 0 Å². The number of hydrogen-bond acceptors (Lipinski definition) is 4. The number of rotatable bonds is 5. The lowest BCUT2D eigenvalue weighted by atomic mass is 10.2. The van der Waals surface area contributed by atoms with Crippen molar-refractivity contribution in [1.29, 1.82) is 0 Å². The van der Waals surface area contributed by atoms with Crippen molar-refractivity contribution >= 4 is 24.0 Å². The Bertz CT molecular complexity index is 388. The maximum absolute atomic E-state index is 10.9. The lowest BCUT2D eigenvalue weighted by molar-refractivity contribution is -0.140. The van der Waals surface area contributed by atoms with Crippen LogP contribution in [0.4, 0.5) is 0 Å². The van der Waals surface area contributed by atoms with E-state index in [2.05, 4.69) is 4.74 Å². The SMILES string of the molecule is COC(=O)CCSc1ccc(C)cc1C=O. The zero-order valence-electron chi connectivity index (χ0n) is 9.36. The Labute approximate surface area is 99.2 Å². The van der Waals surface area contributed by atoms with E-state index in [0.717, 1.165) is 16.7 Å². The second kappa shape index (κ2) is 6.33. The van der Waals surface area contributed by atoms with Crippen LogP contribution in [0.15, 0.2) is 23.1 Å². The molecule has 0 bridgehead atoms. The molecule has 86 valence electrons. The van der Waals surface area contributed by atoms with Crippen LogP contribution in [0.1, 0.15) is 22.3 Å². The number of hydrogen-bond donors (Lipinski definition) is 0. The monoisotopic (exact) mass is 238 g/mol. The zero-order valence-corrected chi connectivity index (χ0v) is 10.2. The van der Waals surface area contributed by atoms with Crippen LogP contribution in [0.2, 0.25) is 0 Å². The van der Waals surface area contributed by atoms with E-state index in [1.807, 2.05) is 25.1 Å². The summed E-state index contributed by atoms with van der Waals surface area (Å²) in [6.45, 7) is 1.94. The number of benzene rings is 1. The Balaban J connectivity index is 2.60. The molecule has 0 fully saturated rings. The molecule has 3 nitrogen and oxygen atoms in total. The summed E-state index contributed by atoms with van der Waals surface area (Å²) in [6.07, 6.45) is 1.20. The van der Waals surface area contributed by atoms with Crippen LogP contribution < -0.4 is 0 Å². The molecule has 0 saturated carbocycles. The van der Waals surface area contributed by atoms with Crippen LogP contribution in [0.5, 0.6) is 0 Å². The molecule has 1 aromatic rings. The quantitative estimate of drug-likeness (QED) is 0.449. The Kier molecular flexibility index (Phi) is 5.05. The molecule has 0 heterocycles. The highest BCUT2D eigenvalue weighted by Crippen LogP contribution is 2.23. The molecular formula is C12H14O3S. The largest absolute Gasteiger partial charge is 0.469 e. The average molecular weight is 238 g/mol. The first-order chi connectivity index (χ1) is 7.67. The van der Waals surface area contributed by atoms with Crippen molar-refractivity contribution in [2.24, 2.45) is 0 Å². The summed E-state index contributed by atoms with van der Waals surface area (Å²) in [6, 6.07) is 5.70. The molecule has 0 aromatic heterocycles. The Hall–Kier alpha value is -1.29. The summed E-state index contributed by atoms with van der Waals surface area (Å²) in [5, 5.41) is 0. The summed E-state index contributed by atoms with van der Waals surface area (Å²) >= 11 is 1.49. The van der Waals surface area contributed by atoms with Gasteiger partial charge in [-0.2, -0.15) is 0 Å². The average Bonchev–Trinajstić information content (AvgIpc) is 2.30. The second-order valence-electron chi connectivity index (χ2n) is 3.33. The van der Waals surface area contributed by atoms with Gasteiger partial charge in [0.25, 0.3) is 0 Å². The summed E-state index contributed by atoms with van der Waals surface area (Å²) in [7, 11) is 1.37. The third-order valence-electron chi connectivity index (χ3n) is 2.08. The van der Waals surface area contributed by atoms with Gasteiger partial charge in [0.2, 0.25) is 0 Å². The van der Waals surface area contributed by atoms with Crippen molar-refractivity contribution in [3.8, 4) is 0 Å². The molecule has 0 aliphatic heterocycles. The standard InChI is InChI=1S/C12H14O3S/c1-9-3-4-11(10(7-9)8-13)16-6-5-12(14)15-2/h3-4,7-8H,5-6H2,1-2H3. The smallest absolute Gasteiger partial charge is 0.306 e. The lowest BCUT2D eigenvalue weighted by Gasteiger charge is -2.05. The maximum atomic E-state index is 10.9. The molecule has 0 aliphatic carbocycles. The third-order valence-corrected chi connectivity index (χ3v) is 3.17. The van der Waals surface area contributed by atoms with Gasteiger partial charge in [0.15, 0.2) is 6.29 Å². The van der Waals surface area contributed by atoms with Crippen LogP contribution in [0.25, 0.3) is 0 Å². The van der Waals surface area contributed by atoms with Gasteiger partial charge in [0.1, 0.15) is 0 Å². The first-order valence-corrected chi connectivity index (χ1v) is 5.91. The molecule has 0 atom stereocenters.